The molecule has 0 fully saturated rings. The van der Waals surface area contributed by atoms with Gasteiger partial charge in [-0.2, -0.15) is 0 Å². The molecule has 26 heavy (non-hydrogen) atoms. The van der Waals surface area contributed by atoms with Crippen LogP contribution in [-0.2, 0) is 13.0 Å². The summed E-state index contributed by atoms with van der Waals surface area (Å²) in [6.07, 6.45) is 2.62. The monoisotopic (exact) mass is 350 g/mol. The Labute approximate surface area is 153 Å². The summed E-state index contributed by atoms with van der Waals surface area (Å²) in [6.45, 7) is 4.05. The lowest BCUT2D eigenvalue weighted by Gasteiger charge is -2.11. The minimum atomic E-state index is -0.209. The minimum Gasteiger partial charge on any atom is -0.357 e. The van der Waals surface area contributed by atoms with Gasteiger partial charge in [0.05, 0.1) is 12.2 Å². The van der Waals surface area contributed by atoms with E-state index in [0.717, 1.165) is 42.1 Å². The van der Waals surface area contributed by atoms with E-state index in [-0.39, 0.29) is 5.82 Å². The fourth-order valence-corrected chi connectivity index (χ4v) is 2.78. The molecule has 0 aliphatic heterocycles. The molecule has 134 valence electrons. The fraction of sp³-hybridized carbons (Fsp3) is 0.238. The van der Waals surface area contributed by atoms with Crippen LogP contribution < -0.4 is 10.6 Å². The Bertz CT molecular complexity index is 869. The number of rotatable bonds is 6. The van der Waals surface area contributed by atoms with Crippen LogP contribution in [0.2, 0.25) is 0 Å². The molecule has 2 aromatic carbocycles. The van der Waals surface area contributed by atoms with Gasteiger partial charge in [-0.1, -0.05) is 36.4 Å². The van der Waals surface area contributed by atoms with Gasteiger partial charge in [-0.05, 0) is 42.5 Å². The number of halogens is 1. The zero-order chi connectivity index (χ0) is 18.2. The Morgan fingerprint density at radius 1 is 1.04 bits per heavy atom. The Morgan fingerprint density at radius 2 is 1.85 bits per heavy atom. The van der Waals surface area contributed by atoms with Crippen LogP contribution in [0.1, 0.15) is 18.2 Å². The van der Waals surface area contributed by atoms with Crippen molar-refractivity contribution in [2.75, 3.05) is 13.1 Å². The minimum absolute atomic E-state index is 0.209. The molecular formula is C21H23FN4. The normalized spacial score (nSPS) is 11.5. The SMILES string of the molecule is CCNC(=NCc1nccc2ccccc12)NCCc1ccc(F)cc1. The average molecular weight is 350 g/mol. The van der Waals surface area contributed by atoms with Crippen molar-refractivity contribution in [3.63, 3.8) is 0 Å². The van der Waals surface area contributed by atoms with E-state index in [2.05, 4.69) is 32.7 Å². The highest BCUT2D eigenvalue weighted by Crippen LogP contribution is 2.16. The zero-order valence-electron chi connectivity index (χ0n) is 14.9. The predicted molar refractivity (Wildman–Crippen MR) is 105 cm³/mol. The highest BCUT2D eigenvalue weighted by molar-refractivity contribution is 5.85. The molecule has 0 bridgehead atoms. The molecule has 2 N–H and O–H groups in total. The largest absolute Gasteiger partial charge is 0.357 e. The van der Waals surface area contributed by atoms with E-state index in [4.69, 9.17) is 0 Å². The van der Waals surface area contributed by atoms with E-state index in [0.29, 0.717) is 6.54 Å². The van der Waals surface area contributed by atoms with Gasteiger partial charge < -0.3 is 10.6 Å². The third-order valence-corrected chi connectivity index (χ3v) is 4.11. The summed E-state index contributed by atoms with van der Waals surface area (Å²) in [5.74, 6) is 0.545. The van der Waals surface area contributed by atoms with E-state index >= 15 is 0 Å². The standard InChI is InChI=1S/C21H23FN4/c1-2-23-21(25-13-11-16-7-9-18(22)10-8-16)26-15-20-19-6-4-3-5-17(19)12-14-24-20/h3-10,12,14H,2,11,13,15H2,1H3,(H2,23,25,26). The summed E-state index contributed by atoms with van der Waals surface area (Å²) in [5, 5.41) is 8.86. The van der Waals surface area contributed by atoms with Crippen molar-refractivity contribution in [3.8, 4) is 0 Å². The van der Waals surface area contributed by atoms with Crippen molar-refractivity contribution in [3.05, 3.63) is 77.9 Å². The van der Waals surface area contributed by atoms with Crippen LogP contribution in [0.15, 0.2) is 65.8 Å². The van der Waals surface area contributed by atoms with Crippen LogP contribution in [0, 0.1) is 5.82 Å². The lowest BCUT2D eigenvalue weighted by atomic mass is 10.1. The van der Waals surface area contributed by atoms with E-state index in [1.807, 2.05) is 31.3 Å². The maximum Gasteiger partial charge on any atom is 0.191 e. The first-order valence-corrected chi connectivity index (χ1v) is 8.85. The van der Waals surface area contributed by atoms with Gasteiger partial charge in [0.1, 0.15) is 5.82 Å². The third kappa shape index (κ3) is 4.79. The molecule has 1 heterocycles. The van der Waals surface area contributed by atoms with Crippen molar-refractivity contribution >= 4 is 16.7 Å². The summed E-state index contributed by atoms with van der Waals surface area (Å²) in [5.41, 5.74) is 2.05. The maximum absolute atomic E-state index is 13.0. The van der Waals surface area contributed by atoms with Crippen molar-refractivity contribution in [2.24, 2.45) is 4.99 Å². The molecule has 0 aliphatic rings. The van der Waals surface area contributed by atoms with Gasteiger partial charge in [0.2, 0.25) is 0 Å². The van der Waals surface area contributed by atoms with Crippen LogP contribution >= 0.6 is 0 Å². The quantitative estimate of drug-likeness (QED) is 0.527. The number of aliphatic imine (C=N–C) groups is 1. The smallest absolute Gasteiger partial charge is 0.191 e. The molecule has 0 aliphatic carbocycles. The summed E-state index contributed by atoms with van der Waals surface area (Å²) in [6, 6.07) is 16.8. The van der Waals surface area contributed by atoms with Gasteiger partial charge in [0.15, 0.2) is 5.96 Å². The van der Waals surface area contributed by atoms with Gasteiger partial charge in [-0.25, -0.2) is 9.38 Å². The van der Waals surface area contributed by atoms with Crippen LogP contribution in [0.25, 0.3) is 10.8 Å². The molecule has 3 aromatic rings. The van der Waals surface area contributed by atoms with Crippen molar-refractivity contribution in [2.45, 2.75) is 19.9 Å². The molecular weight excluding hydrogens is 327 g/mol. The number of nitrogens with zero attached hydrogens (tertiary/aromatic N) is 2. The molecule has 0 atom stereocenters. The van der Waals surface area contributed by atoms with Gasteiger partial charge in [-0.3, -0.25) is 4.98 Å². The number of aromatic nitrogens is 1. The van der Waals surface area contributed by atoms with Crippen LogP contribution in [0.4, 0.5) is 4.39 Å². The fourth-order valence-electron chi connectivity index (χ4n) is 2.78. The lowest BCUT2D eigenvalue weighted by molar-refractivity contribution is 0.626. The van der Waals surface area contributed by atoms with Gasteiger partial charge in [0, 0.05) is 24.7 Å². The van der Waals surface area contributed by atoms with Crippen LogP contribution in [-0.4, -0.2) is 24.0 Å². The lowest BCUT2D eigenvalue weighted by Crippen LogP contribution is -2.38. The average Bonchev–Trinajstić information content (AvgIpc) is 2.67. The molecule has 0 spiro atoms. The first kappa shape index (κ1) is 17.9. The first-order valence-electron chi connectivity index (χ1n) is 8.85. The highest BCUT2D eigenvalue weighted by Gasteiger charge is 2.03. The van der Waals surface area contributed by atoms with Crippen molar-refractivity contribution in [1.29, 1.82) is 0 Å². The topological polar surface area (TPSA) is 49.3 Å². The van der Waals surface area contributed by atoms with Gasteiger partial charge in [0.25, 0.3) is 0 Å². The number of benzene rings is 2. The highest BCUT2D eigenvalue weighted by atomic mass is 19.1. The molecule has 0 saturated heterocycles. The molecule has 0 amide bonds. The molecule has 0 saturated carbocycles. The molecule has 3 rings (SSSR count). The summed E-state index contributed by atoms with van der Waals surface area (Å²) >= 11 is 0. The third-order valence-electron chi connectivity index (χ3n) is 4.11. The van der Waals surface area contributed by atoms with Gasteiger partial charge >= 0.3 is 0 Å². The van der Waals surface area contributed by atoms with E-state index in [9.17, 15) is 4.39 Å². The van der Waals surface area contributed by atoms with Crippen LogP contribution in [0.5, 0.6) is 0 Å². The maximum atomic E-state index is 13.0. The first-order chi connectivity index (χ1) is 12.8. The predicted octanol–water partition coefficient (Wildman–Crippen LogP) is 3.67. The number of fused-ring (bicyclic) bond motifs is 1. The van der Waals surface area contributed by atoms with Gasteiger partial charge in [-0.15, -0.1) is 0 Å². The number of hydrogen-bond donors (Lipinski definition) is 2. The van der Waals surface area contributed by atoms with Crippen molar-refractivity contribution in [1.82, 2.24) is 15.6 Å². The van der Waals surface area contributed by atoms with E-state index in [1.54, 1.807) is 12.1 Å². The number of pyridine rings is 1. The Balaban J connectivity index is 1.63. The summed E-state index contributed by atoms with van der Waals surface area (Å²) in [4.78, 5) is 9.13. The molecule has 0 unspecified atom stereocenters. The summed E-state index contributed by atoms with van der Waals surface area (Å²) in [7, 11) is 0. The van der Waals surface area contributed by atoms with Crippen LogP contribution in [0.3, 0.4) is 0 Å². The van der Waals surface area contributed by atoms with E-state index in [1.165, 1.54) is 17.5 Å². The second-order valence-electron chi connectivity index (χ2n) is 5.98. The summed E-state index contributed by atoms with van der Waals surface area (Å²) < 4.78 is 13.0. The second kappa shape index (κ2) is 8.94. The Kier molecular flexibility index (Phi) is 6.14. The Hall–Kier alpha value is -2.95. The number of hydrogen-bond acceptors (Lipinski definition) is 2. The van der Waals surface area contributed by atoms with Crippen molar-refractivity contribution < 1.29 is 4.39 Å². The number of nitrogens with one attached hydrogen (secondary N) is 2. The second-order valence-corrected chi connectivity index (χ2v) is 5.98. The molecule has 1 aromatic heterocycles. The molecule has 5 heteroatoms. The number of guanidine groups is 1. The zero-order valence-corrected chi connectivity index (χ0v) is 14.9. The Morgan fingerprint density at radius 3 is 2.65 bits per heavy atom. The molecule has 4 nitrogen and oxygen atoms in total. The molecule has 0 radical (unpaired) electrons. The van der Waals surface area contributed by atoms with E-state index < -0.39 is 0 Å².